The fourth-order valence-electron chi connectivity index (χ4n) is 1.93. The van der Waals surface area contributed by atoms with Gasteiger partial charge in [-0.2, -0.15) is 0 Å². The zero-order valence-corrected chi connectivity index (χ0v) is 11.0. The first-order valence-corrected chi connectivity index (χ1v) is 6.11. The molecule has 0 saturated heterocycles. The highest BCUT2D eigenvalue weighted by molar-refractivity contribution is 5.94. The molecule has 0 aliphatic carbocycles. The number of hydrogen-bond donors (Lipinski definition) is 2. The van der Waals surface area contributed by atoms with Crippen LogP contribution in [0.25, 0.3) is 0 Å². The molecule has 1 aliphatic heterocycles. The maximum absolute atomic E-state index is 11.8. The smallest absolute Gasteiger partial charge is 0.309 e. The van der Waals surface area contributed by atoms with Gasteiger partial charge in [0.15, 0.2) is 0 Å². The van der Waals surface area contributed by atoms with Crippen molar-refractivity contribution in [3.8, 4) is 0 Å². The van der Waals surface area contributed by atoms with Crippen molar-refractivity contribution in [2.75, 3.05) is 5.32 Å². The number of aliphatic carboxylic acids is 1. The lowest BCUT2D eigenvalue weighted by molar-refractivity contribution is -0.148. The molecule has 2 rings (SSSR count). The van der Waals surface area contributed by atoms with E-state index in [1.807, 2.05) is 12.1 Å². The molecule has 5 heteroatoms. The van der Waals surface area contributed by atoms with Crippen LogP contribution in [0.1, 0.15) is 31.4 Å². The van der Waals surface area contributed by atoms with Crippen LogP contribution in [0.2, 0.25) is 0 Å². The van der Waals surface area contributed by atoms with Crippen LogP contribution in [-0.4, -0.2) is 17.0 Å². The normalized spacial score (nSPS) is 14.0. The number of hydrogen-bond acceptors (Lipinski definition) is 3. The Morgan fingerprint density at radius 3 is 2.68 bits per heavy atom. The van der Waals surface area contributed by atoms with Crippen LogP contribution in [0.5, 0.6) is 0 Å². The van der Waals surface area contributed by atoms with Crippen molar-refractivity contribution in [3.05, 3.63) is 29.3 Å². The second-order valence-corrected chi connectivity index (χ2v) is 5.39. The molecule has 0 unspecified atom stereocenters. The van der Waals surface area contributed by atoms with E-state index in [1.165, 1.54) is 13.8 Å². The van der Waals surface area contributed by atoms with Gasteiger partial charge in [0.1, 0.15) is 0 Å². The van der Waals surface area contributed by atoms with E-state index in [2.05, 4.69) is 5.32 Å². The minimum atomic E-state index is -1.07. The molecular formula is C14H17NO4. The van der Waals surface area contributed by atoms with Crippen LogP contribution < -0.4 is 5.32 Å². The van der Waals surface area contributed by atoms with Crippen molar-refractivity contribution in [1.29, 1.82) is 0 Å². The van der Waals surface area contributed by atoms with Gasteiger partial charge < -0.3 is 15.2 Å². The summed E-state index contributed by atoms with van der Waals surface area (Å²) >= 11 is 0. The van der Waals surface area contributed by atoms with Gasteiger partial charge in [0.25, 0.3) is 0 Å². The SMILES string of the molecule is CC(C)(CC(=O)Nc1ccc2c(c1)COC2)C(=O)O. The first-order valence-electron chi connectivity index (χ1n) is 6.11. The molecule has 0 fully saturated rings. The lowest BCUT2D eigenvalue weighted by Gasteiger charge is -2.18. The Morgan fingerprint density at radius 2 is 2.00 bits per heavy atom. The van der Waals surface area contributed by atoms with E-state index < -0.39 is 11.4 Å². The number of anilines is 1. The molecule has 102 valence electrons. The highest BCUT2D eigenvalue weighted by atomic mass is 16.5. The lowest BCUT2D eigenvalue weighted by Crippen LogP contribution is -2.29. The van der Waals surface area contributed by atoms with Crippen molar-refractivity contribution in [2.45, 2.75) is 33.5 Å². The highest BCUT2D eigenvalue weighted by Gasteiger charge is 2.30. The summed E-state index contributed by atoms with van der Waals surface area (Å²) in [4.78, 5) is 22.8. The van der Waals surface area contributed by atoms with Crippen molar-refractivity contribution in [3.63, 3.8) is 0 Å². The van der Waals surface area contributed by atoms with Gasteiger partial charge in [-0.1, -0.05) is 6.07 Å². The number of ether oxygens (including phenoxy) is 1. The number of carbonyl (C=O) groups is 2. The molecule has 0 aromatic heterocycles. The number of rotatable bonds is 4. The van der Waals surface area contributed by atoms with E-state index in [0.29, 0.717) is 18.9 Å². The standard InChI is InChI=1S/C14H17NO4/c1-14(2,13(17)18)6-12(16)15-11-4-3-9-7-19-8-10(9)5-11/h3-5H,6-8H2,1-2H3,(H,15,16)(H,17,18). The average molecular weight is 263 g/mol. The lowest BCUT2D eigenvalue weighted by atomic mass is 9.89. The summed E-state index contributed by atoms with van der Waals surface area (Å²) in [5, 5.41) is 11.7. The molecule has 0 radical (unpaired) electrons. The van der Waals surface area contributed by atoms with Gasteiger partial charge in [0.2, 0.25) is 5.91 Å². The van der Waals surface area contributed by atoms with Crippen LogP contribution in [0, 0.1) is 5.41 Å². The van der Waals surface area contributed by atoms with Crippen LogP contribution in [-0.2, 0) is 27.5 Å². The molecular weight excluding hydrogens is 246 g/mol. The van der Waals surface area contributed by atoms with Gasteiger partial charge in [-0.05, 0) is 37.1 Å². The van der Waals surface area contributed by atoms with Crippen molar-refractivity contribution < 1.29 is 19.4 Å². The molecule has 1 aromatic carbocycles. The quantitative estimate of drug-likeness (QED) is 0.872. The first kappa shape index (κ1) is 13.5. The zero-order valence-electron chi connectivity index (χ0n) is 11.0. The summed E-state index contributed by atoms with van der Waals surface area (Å²) in [5.74, 6) is -1.28. The Morgan fingerprint density at radius 1 is 1.32 bits per heavy atom. The molecule has 0 bridgehead atoms. The second-order valence-electron chi connectivity index (χ2n) is 5.39. The van der Waals surface area contributed by atoms with Gasteiger partial charge in [-0.25, -0.2) is 0 Å². The van der Waals surface area contributed by atoms with Crippen LogP contribution >= 0.6 is 0 Å². The van der Waals surface area contributed by atoms with E-state index >= 15 is 0 Å². The minimum absolute atomic E-state index is 0.0596. The van der Waals surface area contributed by atoms with Crippen LogP contribution in [0.15, 0.2) is 18.2 Å². The molecule has 0 spiro atoms. The summed E-state index contributed by atoms with van der Waals surface area (Å²) in [7, 11) is 0. The molecule has 0 atom stereocenters. The van der Waals surface area contributed by atoms with Gasteiger partial charge >= 0.3 is 5.97 Å². The van der Waals surface area contributed by atoms with E-state index in [1.54, 1.807) is 6.07 Å². The number of benzene rings is 1. The van der Waals surface area contributed by atoms with E-state index in [9.17, 15) is 9.59 Å². The predicted molar refractivity (Wildman–Crippen MR) is 69.6 cm³/mol. The fourth-order valence-corrected chi connectivity index (χ4v) is 1.93. The van der Waals surface area contributed by atoms with Crippen LogP contribution in [0.3, 0.4) is 0 Å². The predicted octanol–water partition coefficient (Wildman–Crippen LogP) is 2.16. The number of carboxylic acid groups (broad SMARTS) is 1. The van der Waals surface area contributed by atoms with E-state index in [4.69, 9.17) is 9.84 Å². The van der Waals surface area contributed by atoms with Crippen molar-refractivity contribution in [2.24, 2.45) is 5.41 Å². The largest absolute Gasteiger partial charge is 0.481 e. The first-order chi connectivity index (χ1) is 8.88. The molecule has 1 aliphatic rings. The zero-order chi connectivity index (χ0) is 14.0. The Bertz CT molecular complexity index is 522. The summed E-state index contributed by atoms with van der Waals surface area (Å²) in [6, 6.07) is 5.59. The molecule has 0 saturated carbocycles. The maximum Gasteiger partial charge on any atom is 0.309 e. The summed E-state index contributed by atoms with van der Waals surface area (Å²) in [6.07, 6.45) is -0.0596. The van der Waals surface area contributed by atoms with Gasteiger partial charge in [-0.3, -0.25) is 9.59 Å². The van der Waals surface area contributed by atoms with Gasteiger partial charge in [-0.15, -0.1) is 0 Å². The molecule has 2 N–H and O–H groups in total. The molecule has 5 nitrogen and oxygen atoms in total. The average Bonchev–Trinajstić information content (AvgIpc) is 2.74. The molecule has 19 heavy (non-hydrogen) atoms. The van der Waals surface area contributed by atoms with Gasteiger partial charge in [0, 0.05) is 12.1 Å². The molecule has 1 heterocycles. The minimum Gasteiger partial charge on any atom is -0.481 e. The number of carbonyl (C=O) groups excluding carboxylic acids is 1. The Balaban J connectivity index is 2.01. The monoisotopic (exact) mass is 263 g/mol. The number of amides is 1. The van der Waals surface area contributed by atoms with E-state index in [-0.39, 0.29) is 12.3 Å². The summed E-state index contributed by atoms with van der Waals surface area (Å²) in [6.45, 7) is 4.23. The van der Waals surface area contributed by atoms with Crippen molar-refractivity contribution in [1.82, 2.24) is 0 Å². The van der Waals surface area contributed by atoms with Crippen molar-refractivity contribution >= 4 is 17.6 Å². The third-order valence-corrected chi connectivity index (χ3v) is 3.19. The number of fused-ring (bicyclic) bond motifs is 1. The summed E-state index contributed by atoms with van der Waals surface area (Å²) in [5.41, 5.74) is 1.80. The fraction of sp³-hybridized carbons (Fsp3) is 0.429. The molecule has 1 aromatic rings. The number of carboxylic acids is 1. The van der Waals surface area contributed by atoms with Crippen LogP contribution in [0.4, 0.5) is 5.69 Å². The second kappa shape index (κ2) is 5.01. The molecule has 1 amide bonds. The summed E-state index contributed by atoms with van der Waals surface area (Å²) < 4.78 is 5.30. The number of nitrogens with one attached hydrogen (secondary N) is 1. The highest BCUT2D eigenvalue weighted by Crippen LogP contribution is 2.25. The Kier molecular flexibility index (Phi) is 3.57. The topological polar surface area (TPSA) is 75.6 Å². The third-order valence-electron chi connectivity index (χ3n) is 3.19. The van der Waals surface area contributed by atoms with E-state index in [0.717, 1.165) is 11.1 Å². The Labute approximate surface area is 111 Å². The third kappa shape index (κ3) is 3.12. The maximum atomic E-state index is 11.8. The Hall–Kier alpha value is -1.88. The van der Waals surface area contributed by atoms with Gasteiger partial charge in [0.05, 0.1) is 18.6 Å².